The summed E-state index contributed by atoms with van der Waals surface area (Å²) in [5.74, 6) is 0.214. The third kappa shape index (κ3) is 4.50. The molecule has 4 nitrogen and oxygen atoms in total. The van der Waals surface area contributed by atoms with Crippen molar-refractivity contribution in [2.75, 3.05) is 26.2 Å². The third-order valence-corrected chi connectivity index (χ3v) is 5.14. The summed E-state index contributed by atoms with van der Waals surface area (Å²) in [5.41, 5.74) is 5.49. The van der Waals surface area contributed by atoms with Gasteiger partial charge in [0.15, 0.2) is 0 Å². The summed E-state index contributed by atoms with van der Waals surface area (Å²) in [6.07, 6.45) is 0.483. The summed E-state index contributed by atoms with van der Waals surface area (Å²) in [5, 5.41) is 8.87. The maximum absolute atomic E-state index is 12.6. The van der Waals surface area contributed by atoms with E-state index in [-0.39, 0.29) is 5.91 Å². The maximum Gasteiger partial charge on any atom is 0.227 e. The van der Waals surface area contributed by atoms with Crippen LogP contribution in [0.25, 0.3) is 0 Å². The van der Waals surface area contributed by atoms with Gasteiger partial charge in [-0.15, -0.1) is 0 Å². The number of nitriles is 1. The van der Waals surface area contributed by atoms with Crippen LogP contribution in [0.5, 0.6) is 0 Å². The summed E-state index contributed by atoms with van der Waals surface area (Å²) in [6, 6.07) is 16.2. The fourth-order valence-electron chi connectivity index (χ4n) is 3.30. The first-order valence-electron chi connectivity index (χ1n) is 9.10. The van der Waals surface area contributed by atoms with Gasteiger partial charge in [0.05, 0.1) is 18.1 Å². The Labute approximate surface area is 155 Å². The standard InChI is InChI=1S/C22H25N3O/c1-17-3-4-21(13-18(17)2)14-22(26)25-11-9-24(10-12-25)16-20-7-5-19(15-23)6-8-20/h3-8,13H,9-12,14,16H2,1-2H3. The van der Waals surface area contributed by atoms with Crippen LogP contribution in [0.4, 0.5) is 0 Å². The second kappa shape index (κ2) is 8.16. The average molecular weight is 347 g/mol. The number of nitrogens with zero attached hydrogens (tertiary/aromatic N) is 3. The SMILES string of the molecule is Cc1ccc(CC(=O)N2CCN(Cc3ccc(C#N)cc3)CC2)cc1C. The molecule has 0 unspecified atom stereocenters. The monoisotopic (exact) mass is 347 g/mol. The molecule has 0 bridgehead atoms. The highest BCUT2D eigenvalue weighted by Crippen LogP contribution is 2.14. The maximum atomic E-state index is 12.6. The molecule has 1 amide bonds. The number of aryl methyl sites for hydroxylation is 2. The van der Waals surface area contributed by atoms with Crippen LogP contribution in [0.1, 0.15) is 27.8 Å². The van der Waals surface area contributed by atoms with Gasteiger partial charge >= 0.3 is 0 Å². The molecule has 0 atom stereocenters. The van der Waals surface area contributed by atoms with Crippen molar-refractivity contribution >= 4 is 5.91 Å². The highest BCUT2D eigenvalue weighted by Gasteiger charge is 2.21. The van der Waals surface area contributed by atoms with Crippen LogP contribution in [0, 0.1) is 25.2 Å². The first-order valence-corrected chi connectivity index (χ1v) is 9.10. The molecule has 3 rings (SSSR count). The molecular weight excluding hydrogens is 322 g/mol. The Morgan fingerprint density at radius 2 is 1.62 bits per heavy atom. The Bertz CT molecular complexity index is 812. The Kier molecular flexibility index (Phi) is 5.70. The lowest BCUT2D eigenvalue weighted by atomic mass is 10.0. The fourth-order valence-corrected chi connectivity index (χ4v) is 3.30. The van der Waals surface area contributed by atoms with Crippen LogP contribution < -0.4 is 0 Å². The third-order valence-electron chi connectivity index (χ3n) is 5.14. The van der Waals surface area contributed by atoms with E-state index in [9.17, 15) is 4.79 Å². The second-order valence-electron chi connectivity index (χ2n) is 7.06. The van der Waals surface area contributed by atoms with Gasteiger partial charge in [0.25, 0.3) is 0 Å². The first-order chi connectivity index (χ1) is 12.5. The normalized spacial score (nSPS) is 14.9. The van der Waals surface area contributed by atoms with E-state index < -0.39 is 0 Å². The molecule has 0 radical (unpaired) electrons. The van der Waals surface area contributed by atoms with Crippen molar-refractivity contribution in [1.29, 1.82) is 5.26 Å². The molecular formula is C22H25N3O. The summed E-state index contributed by atoms with van der Waals surface area (Å²) in [4.78, 5) is 16.9. The van der Waals surface area contributed by atoms with Crippen LogP contribution in [0.3, 0.4) is 0 Å². The molecule has 1 heterocycles. The Morgan fingerprint density at radius 3 is 2.23 bits per heavy atom. The van der Waals surface area contributed by atoms with Gasteiger partial charge in [-0.05, 0) is 48.2 Å². The topological polar surface area (TPSA) is 47.3 Å². The molecule has 4 heteroatoms. The van der Waals surface area contributed by atoms with E-state index in [1.54, 1.807) is 0 Å². The number of hydrogen-bond donors (Lipinski definition) is 0. The van der Waals surface area contributed by atoms with Crippen LogP contribution in [-0.2, 0) is 17.8 Å². The highest BCUT2D eigenvalue weighted by atomic mass is 16.2. The van der Waals surface area contributed by atoms with Crippen molar-refractivity contribution in [3.63, 3.8) is 0 Å². The molecule has 0 aromatic heterocycles. The molecule has 0 saturated carbocycles. The molecule has 0 spiro atoms. The van der Waals surface area contributed by atoms with Crippen molar-refractivity contribution in [3.05, 3.63) is 70.3 Å². The van der Waals surface area contributed by atoms with E-state index in [1.165, 1.54) is 16.7 Å². The van der Waals surface area contributed by atoms with Crippen molar-refractivity contribution in [2.45, 2.75) is 26.8 Å². The van der Waals surface area contributed by atoms with Gasteiger partial charge < -0.3 is 4.90 Å². The Balaban J connectivity index is 1.50. The number of piperazine rings is 1. The van der Waals surface area contributed by atoms with Gasteiger partial charge in [-0.1, -0.05) is 30.3 Å². The van der Waals surface area contributed by atoms with Crippen LogP contribution in [0.2, 0.25) is 0 Å². The Morgan fingerprint density at radius 1 is 0.962 bits per heavy atom. The smallest absolute Gasteiger partial charge is 0.227 e. The molecule has 2 aromatic carbocycles. The number of rotatable bonds is 4. The van der Waals surface area contributed by atoms with Gasteiger partial charge in [-0.3, -0.25) is 9.69 Å². The molecule has 26 heavy (non-hydrogen) atoms. The van der Waals surface area contributed by atoms with Gasteiger partial charge in [0.2, 0.25) is 5.91 Å². The van der Waals surface area contributed by atoms with Crippen molar-refractivity contribution in [3.8, 4) is 6.07 Å². The van der Waals surface area contributed by atoms with E-state index >= 15 is 0 Å². The zero-order chi connectivity index (χ0) is 18.5. The predicted octanol–water partition coefficient (Wildman–Crippen LogP) is 3.06. The van der Waals surface area contributed by atoms with Gasteiger partial charge in [-0.25, -0.2) is 0 Å². The minimum absolute atomic E-state index is 0.214. The molecule has 0 aliphatic carbocycles. The Hall–Kier alpha value is -2.64. The largest absolute Gasteiger partial charge is 0.340 e. The summed E-state index contributed by atoms with van der Waals surface area (Å²) < 4.78 is 0. The predicted molar refractivity (Wildman–Crippen MR) is 103 cm³/mol. The van der Waals surface area contributed by atoms with E-state index in [2.05, 4.69) is 43.0 Å². The van der Waals surface area contributed by atoms with E-state index in [1.807, 2.05) is 29.2 Å². The highest BCUT2D eigenvalue weighted by molar-refractivity contribution is 5.79. The van der Waals surface area contributed by atoms with Crippen molar-refractivity contribution < 1.29 is 4.79 Å². The number of carbonyl (C=O) groups is 1. The summed E-state index contributed by atoms with van der Waals surface area (Å²) in [7, 11) is 0. The van der Waals surface area contributed by atoms with E-state index in [0.717, 1.165) is 38.3 Å². The average Bonchev–Trinajstić information content (AvgIpc) is 2.66. The molecule has 1 aliphatic heterocycles. The van der Waals surface area contributed by atoms with E-state index in [0.29, 0.717) is 12.0 Å². The number of amides is 1. The number of benzene rings is 2. The zero-order valence-electron chi connectivity index (χ0n) is 15.5. The van der Waals surface area contributed by atoms with Crippen molar-refractivity contribution in [1.82, 2.24) is 9.80 Å². The van der Waals surface area contributed by atoms with Gasteiger partial charge in [0.1, 0.15) is 0 Å². The number of carbonyl (C=O) groups excluding carboxylic acids is 1. The quantitative estimate of drug-likeness (QED) is 0.854. The molecule has 134 valence electrons. The summed E-state index contributed by atoms with van der Waals surface area (Å²) in [6.45, 7) is 8.38. The molecule has 1 fully saturated rings. The molecule has 1 aliphatic rings. The van der Waals surface area contributed by atoms with Crippen molar-refractivity contribution in [2.24, 2.45) is 0 Å². The molecule has 1 saturated heterocycles. The second-order valence-corrected chi connectivity index (χ2v) is 7.06. The minimum atomic E-state index is 0.214. The van der Waals surface area contributed by atoms with Gasteiger partial charge in [0, 0.05) is 32.7 Å². The lowest BCUT2D eigenvalue weighted by Gasteiger charge is -2.35. The van der Waals surface area contributed by atoms with E-state index in [4.69, 9.17) is 5.26 Å². The zero-order valence-corrected chi connectivity index (χ0v) is 15.5. The fraction of sp³-hybridized carbons (Fsp3) is 0.364. The molecule has 2 aromatic rings. The first kappa shape index (κ1) is 18.2. The number of hydrogen-bond acceptors (Lipinski definition) is 3. The minimum Gasteiger partial charge on any atom is -0.340 e. The summed E-state index contributed by atoms with van der Waals surface area (Å²) >= 11 is 0. The van der Waals surface area contributed by atoms with Crippen LogP contribution >= 0.6 is 0 Å². The van der Waals surface area contributed by atoms with Crippen LogP contribution in [0.15, 0.2) is 42.5 Å². The van der Waals surface area contributed by atoms with Crippen LogP contribution in [-0.4, -0.2) is 41.9 Å². The lowest BCUT2D eigenvalue weighted by Crippen LogP contribution is -2.48. The lowest BCUT2D eigenvalue weighted by molar-refractivity contribution is -0.132. The molecule has 0 N–H and O–H groups in total. The van der Waals surface area contributed by atoms with Gasteiger partial charge in [-0.2, -0.15) is 5.26 Å².